The monoisotopic (exact) mass is 233 g/mol. The Balaban J connectivity index is 2.07. The van der Waals surface area contributed by atoms with E-state index in [9.17, 15) is 0 Å². The third-order valence-electron chi connectivity index (χ3n) is 3.60. The second-order valence-electron chi connectivity index (χ2n) is 4.85. The molecule has 0 bridgehead atoms. The van der Waals surface area contributed by atoms with Crippen LogP contribution in [0.2, 0.25) is 0 Å². The fourth-order valence-electron chi connectivity index (χ4n) is 2.55. The van der Waals surface area contributed by atoms with Crippen molar-refractivity contribution in [2.24, 2.45) is 5.73 Å². The third-order valence-corrected chi connectivity index (χ3v) is 3.60. The number of likely N-dealkylation sites (N-methyl/N-ethyl adjacent to an activating group) is 1. The largest absolute Gasteiger partial charge is 0.329 e. The normalized spacial score (nSPS) is 21.1. The molecule has 0 aromatic heterocycles. The zero-order valence-electron chi connectivity index (χ0n) is 10.7. The average molecular weight is 233 g/mol. The van der Waals surface area contributed by atoms with Crippen molar-refractivity contribution in [3.05, 3.63) is 35.9 Å². The SMILES string of the molecule is CN1CCCN(C(CN)c2ccccc2)CC1. The molecule has 1 unspecified atom stereocenters. The minimum absolute atomic E-state index is 0.378. The maximum Gasteiger partial charge on any atom is 0.0471 e. The molecule has 1 aliphatic rings. The van der Waals surface area contributed by atoms with Gasteiger partial charge in [-0.05, 0) is 25.6 Å². The number of rotatable bonds is 3. The van der Waals surface area contributed by atoms with E-state index in [-0.39, 0.29) is 0 Å². The van der Waals surface area contributed by atoms with E-state index in [1.807, 2.05) is 0 Å². The molecule has 1 aromatic rings. The van der Waals surface area contributed by atoms with Crippen molar-refractivity contribution >= 4 is 0 Å². The Kier molecular flexibility index (Phi) is 4.54. The van der Waals surface area contributed by atoms with Crippen LogP contribution < -0.4 is 5.73 Å². The Morgan fingerprint density at radius 1 is 1.12 bits per heavy atom. The van der Waals surface area contributed by atoms with E-state index in [2.05, 4.69) is 47.2 Å². The highest BCUT2D eigenvalue weighted by molar-refractivity contribution is 5.19. The zero-order chi connectivity index (χ0) is 12.1. The first-order valence-electron chi connectivity index (χ1n) is 6.49. The van der Waals surface area contributed by atoms with Crippen LogP contribution in [0.25, 0.3) is 0 Å². The first kappa shape index (κ1) is 12.6. The van der Waals surface area contributed by atoms with Crippen LogP contribution >= 0.6 is 0 Å². The average Bonchev–Trinajstić information content (AvgIpc) is 2.57. The highest BCUT2D eigenvalue weighted by Gasteiger charge is 2.20. The summed E-state index contributed by atoms with van der Waals surface area (Å²) in [5.41, 5.74) is 7.31. The van der Waals surface area contributed by atoms with E-state index in [0.717, 1.165) is 19.6 Å². The topological polar surface area (TPSA) is 32.5 Å². The van der Waals surface area contributed by atoms with E-state index >= 15 is 0 Å². The number of benzene rings is 1. The van der Waals surface area contributed by atoms with Gasteiger partial charge in [0.05, 0.1) is 0 Å². The van der Waals surface area contributed by atoms with Crippen LogP contribution in [-0.2, 0) is 0 Å². The predicted octanol–water partition coefficient (Wildman–Crippen LogP) is 1.32. The van der Waals surface area contributed by atoms with Gasteiger partial charge >= 0.3 is 0 Å². The lowest BCUT2D eigenvalue weighted by molar-refractivity contribution is 0.208. The smallest absolute Gasteiger partial charge is 0.0471 e. The quantitative estimate of drug-likeness (QED) is 0.855. The third kappa shape index (κ3) is 3.28. The highest BCUT2D eigenvalue weighted by Crippen LogP contribution is 2.20. The molecule has 1 heterocycles. The van der Waals surface area contributed by atoms with Crippen molar-refractivity contribution in [1.82, 2.24) is 9.80 Å². The molecule has 3 heteroatoms. The molecule has 2 N–H and O–H groups in total. The molecule has 0 amide bonds. The van der Waals surface area contributed by atoms with Crippen LogP contribution in [-0.4, -0.2) is 49.6 Å². The number of nitrogens with zero attached hydrogens (tertiary/aromatic N) is 2. The summed E-state index contributed by atoms with van der Waals surface area (Å²) in [5.74, 6) is 0. The van der Waals surface area contributed by atoms with Crippen LogP contribution in [0.5, 0.6) is 0 Å². The molecule has 2 rings (SSSR count). The molecule has 0 saturated carbocycles. The second kappa shape index (κ2) is 6.15. The van der Waals surface area contributed by atoms with Crippen LogP contribution in [0.4, 0.5) is 0 Å². The van der Waals surface area contributed by atoms with E-state index < -0.39 is 0 Å². The second-order valence-corrected chi connectivity index (χ2v) is 4.85. The van der Waals surface area contributed by atoms with Crippen molar-refractivity contribution in [1.29, 1.82) is 0 Å². The molecule has 0 radical (unpaired) electrons. The van der Waals surface area contributed by atoms with Crippen molar-refractivity contribution < 1.29 is 0 Å². The van der Waals surface area contributed by atoms with Gasteiger partial charge in [0.15, 0.2) is 0 Å². The highest BCUT2D eigenvalue weighted by atomic mass is 15.2. The van der Waals surface area contributed by atoms with Gasteiger partial charge in [0, 0.05) is 32.2 Å². The van der Waals surface area contributed by atoms with Crippen molar-refractivity contribution in [3.63, 3.8) is 0 Å². The van der Waals surface area contributed by atoms with Crippen LogP contribution in [0, 0.1) is 0 Å². The molecule has 1 saturated heterocycles. The molecule has 3 nitrogen and oxygen atoms in total. The van der Waals surface area contributed by atoms with Crippen LogP contribution in [0.1, 0.15) is 18.0 Å². The van der Waals surface area contributed by atoms with Crippen molar-refractivity contribution in [3.8, 4) is 0 Å². The van der Waals surface area contributed by atoms with E-state index in [1.165, 1.54) is 18.5 Å². The van der Waals surface area contributed by atoms with Gasteiger partial charge in [-0.1, -0.05) is 30.3 Å². The summed E-state index contributed by atoms with van der Waals surface area (Å²) in [7, 11) is 2.20. The van der Waals surface area contributed by atoms with Gasteiger partial charge in [0.1, 0.15) is 0 Å². The van der Waals surface area contributed by atoms with Gasteiger partial charge in [-0.3, -0.25) is 4.90 Å². The summed E-state index contributed by atoms with van der Waals surface area (Å²) in [4.78, 5) is 4.93. The summed E-state index contributed by atoms with van der Waals surface area (Å²) in [6.45, 7) is 5.31. The molecule has 1 aromatic carbocycles. The minimum Gasteiger partial charge on any atom is -0.329 e. The first-order chi connectivity index (χ1) is 8.31. The van der Waals surface area contributed by atoms with Gasteiger partial charge in [-0.2, -0.15) is 0 Å². The summed E-state index contributed by atoms with van der Waals surface area (Å²) in [6, 6.07) is 11.0. The molecule has 17 heavy (non-hydrogen) atoms. The maximum atomic E-state index is 5.97. The lowest BCUT2D eigenvalue weighted by atomic mass is 10.1. The zero-order valence-corrected chi connectivity index (χ0v) is 10.7. The van der Waals surface area contributed by atoms with E-state index in [0.29, 0.717) is 12.6 Å². The fourth-order valence-corrected chi connectivity index (χ4v) is 2.55. The van der Waals surface area contributed by atoms with Gasteiger partial charge in [0.25, 0.3) is 0 Å². The Labute approximate surface area is 104 Å². The number of hydrogen-bond acceptors (Lipinski definition) is 3. The van der Waals surface area contributed by atoms with Crippen LogP contribution in [0.3, 0.4) is 0 Å². The fraction of sp³-hybridized carbons (Fsp3) is 0.571. The molecule has 1 aliphatic heterocycles. The summed E-state index contributed by atoms with van der Waals surface area (Å²) in [5, 5.41) is 0. The molecular formula is C14H23N3. The van der Waals surface area contributed by atoms with E-state index in [4.69, 9.17) is 5.73 Å². The van der Waals surface area contributed by atoms with Crippen LogP contribution in [0.15, 0.2) is 30.3 Å². The minimum atomic E-state index is 0.378. The van der Waals surface area contributed by atoms with Crippen molar-refractivity contribution in [2.75, 3.05) is 39.8 Å². The lowest BCUT2D eigenvalue weighted by Gasteiger charge is -2.30. The molecular weight excluding hydrogens is 210 g/mol. The molecule has 0 aliphatic carbocycles. The van der Waals surface area contributed by atoms with E-state index in [1.54, 1.807) is 0 Å². The van der Waals surface area contributed by atoms with Gasteiger partial charge in [-0.15, -0.1) is 0 Å². The molecule has 94 valence electrons. The Morgan fingerprint density at radius 2 is 1.88 bits per heavy atom. The van der Waals surface area contributed by atoms with Gasteiger partial charge in [-0.25, -0.2) is 0 Å². The first-order valence-corrected chi connectivity index (χ1v) is 6.49. The summed E-state index contributed by atoms with van der Waals surface area (Å²) >= 11 is 0. The van der Waals surface area contributed by atoms with Gasteiger partial charge < -0.3 is 10.6 Å². The molecule has 1 atom stereocenters. The van der Waals surface area contributed by atoms with Gasteiger partial charge in [0.2, 0.25) is 0 Å². The predicted molar refractivity (Wildman–Crippen MR) is 71.9 cm³/mol. The standard InChI is InChI=1S/C14H23N3/c1-16-8-5-9-17(11-10-16)14(12-15)13-6-3-2-4-7-13/h2-4,6-7,14H,5,8-12,15H2,1H3. The molecule has 1 fully saturated rings. The molecule has 0 spiro atoms. The Bertz CT molecular complexity index is 325. The maximum absolute atomic E-state index is 5.97. The summed E-state index contributed by atoms with van der Waals surface area (Å²) < 4.78 is 0. The Morgan fingerprint density at radius 3 is 2.59 bits per heavy atom. The number of hydrogen-bond donors (Lipinski definition) is 1. The lowest BCUT2D eigenvalue weighted by Crippen LogP contribution is -2.36. The Hall–Kier alpha value is -0.900. The summed E-state index contributed by atoms with van der Waals surface area (Å²) in [6.07, 6.45) is 1.24. The van der Waals surface area contributed by atoms with Crippen molar-refractivity contribution in [2.45, 2.75) is 12.5 Å². The number of nitrogens with two attached hydrogens (primary N) is 1.